The fourth-order valence-corrected chi connectivity index (χ4v) is 7.19. The third-order valence-corrected chi connectivity index (χ3v) is 10.2. The molecule has 0 fully saturated rings. The lowest BCUT2D eigenvalue weighted by Crippen LogP contribution is -2.11. The molecule has 0 aliphatic rings. The van der Waals surface area contributed by atoms with Gasteiger partial charge in [-0.2, -0.15) is 0 Å². The Labute approximate surface area is 297 Å². The lowest BCUT2D eigenvalue weighted by molar-refractivity contribution is 0.650. The van der Waals surface area contributed by atoms with Crippen LogP contribution < -0.4 is 11.5 Å². The van der Waals surface area contributed by atoms with Crippen LogP contribution in [0.5, 0.6) is 0 Å². The predicted molar refractivity (Wildman–Crippen MR) is 217 cm³/mol. The van der Waals surface area contributed by atoms with E-state index in [-0.39, 0.29) is 5.92 Å². The smallest absolute Gasteiger partial charge is 0.0388 e. The molecule has 0 radical (unpaired) electrons. The summed E-state index contributed by atoms with van der Waals surface area (Å²) in [6, 6.07) is 17.9. The van der Waals surface area contributed by atoms with E-state index >= 15 is 0 Å². The van der Waals surface area contributed by atoms with Gasteiger partial charge in [0.25, 0.3) is 0 Å². The molecule has 0 aliphatic heterocycles. The Bertz CT molecular complexity index is 1190. The van der Waals surface area contributed by atoms with E-state index in [2.05, 4.69) is 97.0 Å². The number of hydrogen-bond donors (Lipinski definition) is 2. The first kappa shape index (κ1) is 41.4. The molecule has 0 saturated carbocycles. The zero-order chi connectivity index (χ0) is 35.1. The SMILES string of the molecule is CCCCCCc1ccc(C(C)c2ccc(CCCCCC)c(CCCCCC)c2N)c(N)c1CCCCCC.Cc1cccc(C)c1. The summed E-state index contributed by atoms with van der Waals surface area (Å²) in [7, 11) is 0. The van der Waals surface area contributed by atoms with Crippen molar-refractivity contribution in [3.63, 3.8) is 0 Å². The van der Waals surface area contributed by atoms with Crippen LogP contribution in [0.2, 0.25) is 0 Å². The molecule has 3 aromatic rings. The highest BCUT2D eigenvalue weighted by Gasteiger charge is 2.21. The number of benzene rings is 3. The van der Waals surface area contributed by atoms with Crippen molar-refractivity contribution < 1.29 is 0 Å². The number of nitrogen functional groups attached to an aromatic ring is 2. The summed E-state index contributed by atoms with van der Waals surface area (Å²) in [5.41, 5.74) is 27.2. The highest BCUT2D eigenvalue weighted by atomic mass is 14.6. The summed E-state index contributed by atoms with van der Waals surface area (Å²) in [5.74, 6) is 0.201. The molecular weight excluding hydrogens is 581 g/mol. The third-order valence-electron chi connectivity index (χ3n) is 10.2. The van der Waals surface area contributed by atoms with Gasteiger partial charge in [0.05, 0.1) is 0 Å². The van der Waals surface area contributed by atoms with E-state index < -0.39 is 0 Å². The third kappa shape index (κ3) is 14.4. The highest BCUT2D eigenvalue weighted by Crippen LogP contribution is 2.38. The molecule has 0 saturated heterocycles. The van der Waals surface area contributed by atoms with Crippen LogP contribution in [0, 0.1) is 13.8 Å². The summed E-state index contributed by atoms with van der Waals surface area (Å²) in [4.78, 5) is 0. The van der Waals surface area contributed by atoms with Crippen LogP contribution in [0.1, 0.15) is 188 Å². The number of nitrogens with two attached hydrogens (primary N) is 2. The van der Waals surface area contributed by atoms with Gasteiger partial charge in [-0.1, -0.05) is 171 Å². The minimum absolute atomic E-state index is 0.201. The molecule has 0 heterocycles. The van der Waals surface area contributed by atoms with Crippen molar-refractivity contribution in [1.82, 2.24) is 0 Å². The molecule has 48 heavy (non-hydrogen) atoms. The van der Waals surface area contributed by atoms with Gasteiger partial charge in [-0.25, -0.2) is 0 Å². The molecular formula is C46H74N2. The van der Waals surface area contributed by atoms with Gasteiger partial charge in [0.2, 0.25) is 0 Å². The average molecular weight is 655 g/mol. The first-order chi connectivity index (χ1) is 23.3. The zero-order valence-corrected chi connectivity index (χ0v) is 32.5. The lowest BCUT2D eigenvalue weighted by Gasteiger charge is -2.24. The maximum absolute atomic E-state index is 7.05. The second kappa shape index (κ2) is 24.4. The van der Waals surface area contributed by atoms with E-state index in [1.807, 2.05) is 0 Å². The second-order valence-electron chi connectivity index (χ2n) is 14.5. The van der Waals surface area contributed by atoms with Gasteiger partial charge in [0.1, 0.15) is 0 Å². The summed E-state index contributed by atoms with van der Waals surface area (Å²) in [5, 5.41) is 0. The van der Waals surface area contributed by atoms with Crippen LogP contribution >= 0.6 is 0 Å². The summed E-state index contributed by atoms with van der Waals surface area (Å²) in [6.07, 6.45) is 25.1. The zero-order valence-electron chi connectivity index (χ0n) is 32.5. The van der Waals surface area contributed by atoms with Crippen molar-refractivity contribution >= 4 is 11.4 Å². The van der Waals surface area contributed by atoms with Gasteiger partial charge in [-0.15, -0.1) is 0 Å². The molecule has 0 aromatic heterocycles. The van der Waals surface area contributed by atoms with Crippen LogP contribution in [0.4, 0.5) is 11.4 Å². The van der Waals surface area contributed by atoms with Gasteiger partial charge in [-0.05, 0) is 98.6 Å². The number of rotatable bonds is 22. The molecule has 0 atom stereocenters. The maximum Gasteiger partial charge on any atom is 0.0388 e. The van der Waals surface area contributed by atoms with Crippen molar-refractivity contribution in [2.24, 2.45) is 0 Å². The Morgan fingerprint density at radius 2 is 0.812 bits per heavy atom. The molecule has 0 bridgehead atoms. The highest BCUT2D eigenvalue weighted by molar-refractivity contribution is 5.65. The van der Waals surface area contributed by atoms with E-state index in [1.165, 1.54) is 147 Å². The number of anilines is 2. The predicted octanol–water partition coefficient (Wildman–Crippen LogP) is 13.8. The Balaban J connectivity index is 0.000000870. The molecule has 3 rings (SSSR count). The molecule has 2 nitrogen and oxygen atoms in total. The molecule has 0 amide bonds. The van der Waals surface area contributed by atoms with Crippen LogP contribution in [0.3, 0.4) is 0 Å². The standard InChI is InChI=1S/C38H64N2.C8H10/c1-6-10-14-18-22-31-26-28-33(37(39)35(31)24-20-16-12-8-3)30(5)34-29-27-32(23-19-15-11-7-2)36(38(34)40)25-21-17-13-9-4;1-7-4-3-5-8(2)6-7/h26-30H,6-25,39-40H2,1-5H3;3-6H,1-2H3. The van der Waals surface area contributed by atoms with Crippen molar-refractivity contribution in [1.29, 1.82) is 0 Å². The minimum Gasteiger partial charge on any atom is -0.398 e. The fourth-order valence-electron chi connectivity index (χ4n) is 7.19. The van der Waals surface area contributed by atoms with E-state index in [0.29, 0.717) is 0 Å². The Kier molecular flexibility index (Phi) is 21.1. The molecule has 0 aliphatic carbocycles. The average Bonchev–Trinajstić information content (AvgIpc) is 3.07. The van der Waals surface area contributed by atoms with Crippen LogP contribution in [0.15, 0.2) is 48.5 Å². The van der Waals surface area contributed by atoms with E-state index in [4.69, 9.17) is 11.5 Å². The lowest BCUT2D eigenvalue weighted by atomic mass is 9.83. The minimum atomic E-state index is 0.201. The molecule has 0 unspecified atom stereocenters. The van der Waals surface area contributed by atoms with Gasteiger partial charge in [0.15, 0.2) is 0 Å². The van der Waals surface area contributed by atoms with Gasteiger partial charge < -0.3 is 11.5 Å². The van der Waals surface area contributed by atoms with Crippen molar-refractivity contribution in [3.8, 4) is 0 Å². The Hall–Kier alpha value is -2.74. The van der Waals surface area contributed by atoms with Gasteiger partial charge in [-0.3, -0.25) is 0 Å². The van der Waals surface area contributed by atoms with Crippen molar-refractivity contribution in [2.75, 3.05) is 11.5 Å². The summed E-state index contributed by atoms with van der Waals surface area (Å²) in [6.45, 7) is 15.7. The van der Waals surface area contributed by atoms with Crippen molar-refractivity contribution in [3.05, 3.63) is 93.0 Å². The molecule has 268 valence electrons. The molecule has 4 N–H and O–H groups in total. The van der Waals surface area contributed by atoms with E-state index in [0.717, 1.165) is 37.1 Å². The molecule has 3 aromatic carbocycles. The normalized spacial score (nSPS) is 11.2. The molecule has 0 spiro atoms. The van der Waals surface area contributed by atoms with Crippen LogP contribution in [0.25, 0.3) is 0 Å². The largest absolute Gasteiger partial charge is 0.398 e. The maximum atomic E-state index is 7.05. The summed E-state index contributed by atoms with van der Waals surface area (Å²) >= 11 is 0. The van der Waals surface area contributed by atoms with Crippen molar-refractivity contribution in [2.45, 2.75) is 183 Å². The van der Waals surface area contributed by atoms with Gasteiger partial charge >= 0.3 is 0 Å². The fraction of sp³-hybridized carbons (Fsp3) is 0.609. The number of aryl methyl sites for hydroxylation is 4. The monoisotopic (exact) mass is 655 g/mol. The summed E-state index contributed by atoms with van der Waals surface area (Å²) < 4.78 is 0. The first-order valence-electron chi connectivity index (χ1n) is 20.1. The second-order valence-corrected chi connectivity index (χ2v) is 14.5. The number of unbranched alkanes of at least 4 members (excludes halogenated alkanes) is 12. The molecule has 2 heteroatoms. The van der Waals surface area contributed by atoms with Crippen LogP contribution in [-0.2, 0) is 25.7 Å². The Morgan fingerprint density at radius 1 is 0.458 bits per heavy atom. The topological polar surface area (TPSA) is 52.0 Å². The van der Waals surface area contributed by atoms with Crippen LogP contribution in [-0.4, -0.2) is 0 Å². The van der Waals surface area contributed by atoms with E-state index in [1.54, 1.807) is 0 Å². The quantitative estimate of drug-likeness (QED) is 0.0836. The Morgan fingerprint density at radius 3 is 1.12 bits per heavy atom. The first-order valence-corrected chi connectivity index (χ1v) is 20.1. The van der Waals surface area contributed by atoms with E-state index in [9.17, 15) is 0 Å². The number of hydrogen-bond acceptors (Lipinski definition) is 2. The van der Waals surface area contributed by atoms with Gasteiger partial charge in [0, 0.05) is 17.3 Å².